The number of benzene rings is 2. The number of fused-ring (bicyclic) bond motifs is 1. The van der Waals surface area contributed by atoms with Crippen LogP contribution in [0.5, 0.6) is 0 Å². The summed E-state index contributed by atoms with van der Waals surface area (Å²) in [6.07, 6.45) is 3.56. The van der Waals surface area contributed by atoms with Crippen molar-refractivity contribution in [2.75, 3.05) is 6.54 Å². The highest BCUT2D eigenvalue weighted by Crippen LogP contribution is 2.30. The van der Waals surface area contributed by atoms with E-state index in [2.05, 4.69) is 30.1 Å². The zero-order valence-corrected chi connectivity index (χ0v) is 13.2. The molecule has 0 radical (unpaired) electrons. The van der Waals surface area contributed by atoms with E-state index in [9.17, 15) is 10.1 Å². The fourth-order valence-corrected chi connectivity index (χ4v) is 3.18. The first-order chi connectivity index (χ1) is 11.1. The summed E-state index contributed by atoms with van der Waals surface area (Å²) in [6.45, 7) is 2.02. The number of hydrogen-bond acceptors (Lipinski definition) is 2. The van der Waals surface area contributed by atoms with E-state index in [1.165, 1.54) is 5.56 Å². The van der Waals surface area contributed by atoms with E-state index in [1.54, 1.807) is 0 Å². The van der Waals surface area contributed by atoms with E-state index in [4.69, 9.17) is 0 Å². The van der Waals surface area contributed by atoms with Crippen molar-refractivity contribution in [2.45, 2.75) is 25.7 Å². The molecule has 0 aliphatic carbocycles. The minimum absolute atomic E-state index is 0.0340. The Labute approximate surface area is 135 Å². The largest absolute Gasteiger partial charge is 0.361 e. The normalized spacial score (nSPS) is 12.4. The van der Waals surface area contributed by atoms with Gasteiger partial charge in [0, 0.05) is 22.0 Å². The van der Waals surface area contributed by atoms with Gasteiger partial charge in [-0.25, -0.2) is 0 Å². The second-order valence-corrected chi connectivity index (χ2v) is 5.98. The topological polar surface area (TPSA) is 58.9 Å². The Morgan fingerprint density at radius 3 is 2.65 bits per heavy atom. The molecule has 0 aliphatic rings. The van der Waals surface area contributed by atoms with E-state index in [0.717, 1.165) is 34.9 Å². The lowest BCUT2D eigenvalue weighted by Gasteiger charge is -2.12. The standard InChI is InChI=1S/C19H20N2O2/c1-14-6-5-9-17-18(12-20-19(14)17)16(13-21(22)23)11-10-15-7-3-2-4-8-15/h2-9,12,16,20H,10-11,13H2,1H3/t16-/m1/s1. The van der Waals surface area contributed by atoms with Crippen molar-refractivity contribution in [1.82, 2.24) is 4.98 Å². The minimum atomic E-state index is -0.204. The van der Waals surface area contributed by atoms with Gasteiger partial charge in [0.05, 0.1) is 5.92 Å². The molecule has 0 saturated heterocycles. The Bertz CT molecular complexity index is 809. The molecule has 1 N–H and O–H groups in total. The third kappa shape index (κ3) is 3.42. The molecule has 1 aromatic heterocycles. The van der Waals surface area contributed by atoms with Crippen LogP contribution in [0.15, 0.2) is 54.7 Å². The molecule has 3 aromatic rings. The fraction of sp³-hybridized carbons (Fsp3) is 0.263. The third-order valence-corrected chi connectivity index (χ3v) is 4.39. The highest BCUT2D eigenvalue weighted by atomic mass is 16.6. The van der Waals surface area contributed by atoms with Crippen molar-refractivity contribution >= 4 is 10.9 Å². The van der Waals surface area contributed by atoms with Crippen LogP contribution in [-0.4, -0.2) is 16.5 Å². The van der Waals surface area contributed by atoms with Gasteiger partial charge in [0.15, 0.2) is 0 Å². The van der Waals surface area contributed by atoms with Crippen LogP contribution >= 0.6 is 0 Å². The van der Waals surface area contributed by atoms with Crippen molar-refractivity contribution in [1.29, 1.82) is 0 Å². The lowest BCUT2D eigenvalue weighted by Crippen LogP contribution is -2.13. The number of nitro groups is 1. The number of aryl methyl sites for hydroxylation is 2. The summed E-state index contributed by atoms with van der Waals surface area (Å²) in [4.78, 5) is 14.2. The van der Waals surface area contributed by atoms with Gasteiger partial charge in [-0.15, -0.1) is 0 Å². The van der Waals surface area contributed by atoms with Gasteiger partial charge in [-0.05, 0) is 36.5 Å². The summed E-state index contributed by atoms with van der Waals surface area (Å²) in [5, 5.41) is 12.2. The summed E-state index contributed by atoms with van der Waals surface area (Å²) in [5.74, 6) is -0.0826. The first kappa shape index (κ1) is 15.3. The molecule has 0 spiro atoms. The Morgan fingerprint density at radius 1 is 1.13 bits per heavy atom. The fourth-order valence-electron chi connectivity index (χ4n) is 3.18. The van der Waals surface area contributed by atoms with E-state index in [1.807, 2.05) is 36.5 Å². The summed E-state index contributed by atoms with van der Waals surface area (Å²) >= 11 is 0. The van der Waals surface area contributed by atoms with Crippen LogP contribution in [0.1, 0.15) is 29.0 Å². The van der Waals surface area contributed by atoms with Gasteiger partial charge < -0.3 is 4.98 Å². The Morgan fingerprint density at radius 2 is 1.91 bits per heavy atom. The highest BCUT2D eigenvalue weighted by molar-refractivity contribution is 5.86. The predicted octanol–water partition coefficient (Wildman–Crippen LogP) is 4.47. The average Bonchev–Trinajstić information content (AvgIpc) is 2.97. The molecule has 23 heavy (non-hydrogen) atoms. The number of nitrogens with zero attached hydrogens (tertiary/aromatic N) is 1. The zero-order chi connectivity index (χ0) is 16.2. The van der Waals surface area contributed by atoms with Crippen LogP contribution in [0, 0.1) is 17.0 Å². The Hall–Kier alpha value is -2.62. The molecular formula is C19H20N2O2. The molecule has 0 unspecified atom stereocenters. The molecule has 0 bridgehead atoms. The third-order valence-electron chi connectivity index (χ3n) is 4.39. The zero-order valence-electron chi connectivity index (χ0n) is 13.2. The molecule has 0 fully saturated rings. The van der Waals surface area contributed by atoms with Crippen molar-refractivity contribution in [3.05, 3.63) is 81.5 Å². The van der Waals surface area contributed by atoms with E-state index < -0.39 is 0 Å². The van der Waals surface area contributed by atoms with Gasteiger partial charge in [0.1, 0.15) is 0 Å². The van der Waals surface area contributed by atoms with Gasteiger partial charge in [-0.2, -0.15) is 0 Å². The average molecular weight is 308 g/mol. The number of hydrogen-bond donors (Lipinski definition) is 1. The second-order valence-electron chi connectivity index (χ2n) is 5.98. The molecule has 2 aromatic carbocycles. The lowest BCUT2D eigenvalue weighted by molar-refractivity contribution is -0.483. The minimum Gasteiger partial charge on any atom is -0.361 e. The van der Waals surface area contributed by atoms with Crippen molar-refractivity contribution in [3.63, 3.8) is 0 Å². The number of para-hydroxylation sites is 1. The quantitative estimate of drug-likeness (QED) is 0.539. The van der Waals surface area contributed by atoms with Crippen molar-refractivity contribution in [3.8, 4) is 0 Å². The molecule has 3 rings (SSSR count). The van der Waals surface area contributed by atoms with Crippen LogP contribution in [0.3, 0.4) is 0 Å². The molecule has 1 atom stereocenters. The second kappa shape index (κ2) is 6.65. The van der Waals surface area contributed by atoms with E-state index >= 15 is 0 Å². The van der Waals surface area contributed by atoms with Gasteiger partial charge in [-0.1, -0.05) is 48.5 Å². The summed E-state index contributed by atoms with van der Waals surface area (Å²) in [5.41, 5.74) is 4.51. The predicted molar refractivity (Wildman–Crippen MR) is 92.4 cm³/mol. The molecule has 4 nitrogen and oxygen atoms in total. The first-order valence-corrected chi connectivity index (χ1v) is 7.87. The summed E-state index contributed by atoms with van der Waals surface area (Å²) in [7, 11) is 0. The Balaban J connectivity index is 1.88. The maximum absolute atomic E-state index is 11.1. The van der Waals surface area contributed by atoms with Crippen LogP contribution < -0.4 is 0 Å². The lowest BCUT2D eigenvalue weighted by atomic mass is 9.91. The molecule has 1 heterocycles. The van der Waals surface area contributed by atoms with Crippen molar-refractivity contribution in [2.24, 2.45) is 0 Å². The molecule has 0 aliphatic heterocycles. The van der Waals surface area contributed by atoms with Crippen LogP contribution in [-0.2, 0) is 6.42 Å². The first-order valence-electron chi connectivity index (χ1n) is 7.87. The number of aromatic amines is 1. The summed E-state index contributed by atoms with van der Waals surface area (Å²) < 4.78 is 0. The molecule has 118 valence electrons. The Kier molecular flexibility index (Phi) is 4.42. The molecule has 0 saturated carbocycles. The maximum Gasteiger partial charge on any atom is 0.210 e. The molecule has 4 heteroatoms. The number of nitrogens with one attached hydrogen (secondary N) is 1. The summed E-state index contributed by atoms with van der Waals surface area (Å²) in [6, 6.07) is 16.2. The molecular weight excluding hydrogens is 288 g/mol. The highest BCUT2D eigenvalue weighted by Gasteiger charge is 2.21. The van der Waals surface area contributed by atoms with Crippen molar-refractivity contribution < 1.29 is 4.92 Å². The van der Waals surface area contributed by atoms with Gasteiger partial charge in [0.25, 0.3) is 0 Å². The number of H-pyrrole nitrogens is 1. The van der Waals surface area contributed by atoms with Gasteiger partial charge in [0.2, 0.25) is 6.54 Å². The molecule has 0 amide bonds. The van der Waals surface area contributed by atoms with Crippen LogP contribution in [0.2, 0.25) is 0 Å². The number of aromatic nitrogens is 1. The van der Waals surface area contributed by atoms with Crippen LogP contribution in [0.4, 0.5) is 0 Å². The SMILES string of the molecule is Cc1cccc2c([C@H](CCc3ccccc3)C[N+](=O)[O-])c[nH]c12. The smallest absolute Gasteiger partial charge is 0.210 e. The van der Waals surface area contributed by atoms with Gasteiger partial charge >= 0.3 is 0 Å². The monoisotopic (exact) mass is 308 g/mol. The van der Waals surface area contributed by atoms with Crippen LogP contribution in [0.25, 0.3) is 10.9 Å². The van der Waals surface area contributed by atoms with Gasteiger partial charge in [-0.3, -0.25) is 10.1 Å². The van der Waals surface area contributed by atoms with E-state index in [0.29, 0.717) is 0 Å². The number of rotatable bonds is 6. The van der Waals surface area contributed by atoms with E-state index in [-0.39, 0.29) is 17.4 Å². The maximum atomic E-state index is 11.1.